The fourth-order valence-corrected chi connectivity index (χ4v) is 8.01. The first-order valence-corrected chi connectivity index (χ1v) is 12.1. The summed E-state index contributed by atoms with van der Waals surface area (Å²) in [6.45, 7) is 4.04. The van der Waals surface area contributed by atoms with Crippen molar-refractivity contribution < 1.29 is 4.79 Å². The van der Waals surface area contributed by atoms with Crippen molar-refractivity contribution in [1.29, 1.82) is 0 Å². The standard InChI is InChI=1S/C24H28N4OS/c1-13-5-18(22-26-21-14(2)27-28-23(21)30-22)3-4-19(13)25-20(29)12-24-9-15-6-16(10-24)8-17(7-15)11-24/h3-5,15-17,21H,6-12H2,1-2H3,(H,25,29). The van der Waals surface area contributed by atoms with Crippen LogP contribution in [0.3, 0.4) is 0 Å². The molecule has 4 saturated carbocycles. The van der Waals surface area contributed by atoms with Crippen LogP contribution in [0.15, 0.2) is 33.4 Å². The third-order valence-corrected chi connectivity index (χ3v) is 8.88. The zero-order valence-corrected chi connectivity index (χ0v) is 18.5. The number of aliphatic imine (C=N–C) groups is 1. The second kappa shape index (κ2) is 6.78. The fraction of sp³-hybridized carbons (Fsp3) is 0.583. The highest BCUT2D eigenvalue weighted by atomic mass is 32.2. The molecule has 1 N–H and O–H groups in total. The summed E-state index contributed by atoms with van der Waals surface area (Å²) in [6, 6.07) is 6.22. The summed E-state index contributed by atoms with van der Waals surface area (Å²) >= 11 is 1.60. The number of hydrogen-bond acceptors (Lipinski definition) is 5. The Morgan fingerprint density at radius 2 is 1.80 bits per heavy atom. The SMILES string of the molecule is CC1=NN=C2SC(c3ccc(NC(=O)CC45CC6CC(CC(C6)C4)C5)c(C)c3)=NC12. The number of aryl methyl sites for hydroxylation is 1. The van der Waals surface area contributed by atoms with Gasteiger partial charge in [-0.2, -0.15) is 5.10 Å². The van der Waals surface area contributed by atoms with Crippen molar-refractivity contribution in [2.45, 2.75) is 64.8 Å². The first-order chi connectivity index (χ1) is 14.5. The van der Waals surface area contributed by atoms with Gasteiger partial charge in [0.05, 0.1) is 5.71 Å². The van der Waals surface area contributed by atoms with Crippen molar-refractivity contribution in [2.24, 2.45) is 38.4 Å². The minimum atomic E-state index is 0.00460. The highest BCUT2D eigenvalue weighted by molar-refractivity contribution is 8.27. The number of thioether (sulfide) groups is 1. The van der Waals surface area contributed by atoms with Gasteiger partial charge in [-0.25, -0.2) is 0 Å². The number of rotatable bonds is 4. The molecule has 1 atom stereocenters. The van der Waals surface area contributed by atoms with Gasteiger partial charge in [0.2, 0.25) is 5.91 Å². The molecule has 1 aromatic carbocycles. The van der Waals surface area contributed by atoms with Crippen LogP contribution >= 0.6 is 11.8 Å². The molecule has 30 heavy (non-hydrogen) atoms. The predicted molar refractivity (Wildman–Crippen MR) is 123 cm³/mol. The molecule has 4 bridgehead atoms. The largest absolute Gasteiger partial charge is 0.326 e. The highest BCUT2D eigenvalue weighted by Gasteiger charge is 2.51. The van der Waals surface area contributed by atoms with Crippen LogP contribution in [-0.4, -0.2) is 27.7 Å². The van der Waals surface area contributed by atoms with Gasteiger partial charge < -0.3 is 5.32 Å². The van der Waals surface area contributed by atoms with Crippen LogP contribution in [-0.2, 0) is 4.79 Å². The minimum absolute atomic E-state index is 0.00460. The molecule has 1 unspecified atom stereocenters. The van der Waals surface area contributed by atoms with Crippen molar-refractivity contribution in [1.82, 2.24) is 0 Å². The van der Waals surface area contributed by atoms with E-state index in [9.17, 15) is 4.79 Å². The van der Waals surface area contributed by atoms with Gasteiger partial charge in [0, 0.05) is 17.7 Å². The summed E-state index contributed by atoms with van der Waals surface area (Å²) in [4.78, 5) is 17.8. The Balaban J connectivity index is 1.15. The number of anilines is 1. The molecule has 0 aromatic heterocycles. The topological polar surface area (TPSA) is 66.2 Å². The molecule has 2 aliphatic heterocycles. The molecule has 156 valence electrons. The molecule has 0 radical (unpaired) electrons. The molecule has 5 nitrogen and oxygen atoms in total. The summed E-state index contributed by atoms with van der Waals surface area (Å²) in [5.74, 6) is 2.84. The third kappa shape index (κ3) is 3.15. The summed E-state index contributed by atoms with van der Waals surface area (Å²) in [6.07, 6.45) is 8.77. The van der Waals surface area contributed by atoms with Gasteiger partial charge >= 0.3 is 0 Å². The quantitative estimate of drug-likeness (QED) is 0.728. The molecule has 6 heteroatoms. The molecule has 1 aromatic rings. The van der Waals surface area contributed by atoms with Gasteiger partial charge in [-0.1, -0.05) is 6.07 Å². The third-order valence-electron chi connectivity index (χ3n) is 7.83. The Kier molecular flexibility index (Phi) is 4.24. The van der Waals surface area contributed by atoms with E-state index in [4.69, 9.17) is 4.99 Å². The van der Waals surface area contributed by atoms with Gasteiger partial charge in [0.1, 0.15) is 16.1 Å². The molecular formula is C24H28N4OS. The van der Waals surface area contributed by atoms with Gasteiger partial charge in [-0.05, 0) is 105 Å². The molecule has 0 saturated heterocycles. The summed E-state index contributed by atoms with van der Waals surface area (Å²) < 4.78 is 0. The summed E-state index contributed by atoms with van der Waals surface area (Å²) in [7, 11) is 0. The number of carbonyl (C=O) groups is 1. The molecule has 1 amide bonds. The van der Waals surface area contributed by atoms with Crippen LogP contribution < -0.4 is 5.32 Å². The number of nitrogens with zero attached hydrogens (tertiary/aromatic N) is 3. The van der Waals surface area contributed by atoms with E-state index < -0.39 is 0 Å². The fourth-order valence-electron chi connectivity index (χ4n) is 7.00. The maximum Gasteiger partial charge on any atom is 0.224 e. The van der Waals surface area contributed by atoms with E-state index in [1.807, 2.05) is 13.0 Å². The number of nitrogens with one attached hydrogen (secondary N) is 1. The normalized spacial score (nSPS) is 35.7. The van der Waals surface area contributed by atoms with Gasteiger partial charge in [-0.15, -0.1) is 5.10 Å². The van der Waals surface area contributed by atoms with Gasteiger partial charge in [0.25, 0.3) is 0 Å². The second-order valence-corrected chi connectivity index (χ2v) is 11.3. The predicted octanol–water partition coefficient (Wildman–Crippen LogP) is 5.19. The molecule has 0 spiro atoms. The Morgan fingerprint density at radius 3 is 2.43 bits per heavy atom. The number of benzene rings is 1. The maximum atomic E-state index is 13.0. The molecule has 4 fully saturated rings. The molecule has 6 aliphatic rings. The van der Waals surface area contributed by atoms with E-state index in [1.165, 1.54) is 38.5 Å². The first kappa shape index (κ1) is 18.8. The summed E-state index contributed by atoms with van der Waals surface area (Å²) in [5.41, 5.74) is 4.32. The first-order valence-electron chi connectivity index (χ1n) is 11.2. The van der Waals surface area contributed by atoms with Crippen LogP contribution in [0.5, 0.6) is 0 Å². The summed E-state index contributed by atoms with van der Waals surface area (Å²) in [5, 5.41) is 13.5. The van der Waals surface area contributed by atoms with Crippen LogP contribution in [0.2, 0.25) is 0 Å². The molecular weight excluding hydrogens is 392 g/mol. The highest BCUT2D eigenvalue weighted by Crippen LogP contribution is 2.61. The lowest BCUT2D eigenvalue weighted by Crippen LogP contribution is -2.47. The monoisotopic (exact) mass is 420 g/mol. The lowest BCUT2D eigenvalue weighted by atomic mass is 9.49. The van der Waals surface area contributed by atoms with E-state index in [1.54, 1.807) is 11.8 Å². The maximum absolute atomic E-state index is 13.0. The van der Waals surface area contributed by atoms with Crippen molar-refractivity contribution in [3.8, 4) is 0 Å². The number of amides is 1. The zero-order chi connectivity index (χ0) is 20.5. The van der Waals surface area contributed by atoms with Crippen molar-refractivity contribution in [3.63, 3.8) is 0 Å². The van der Waals surface area contributed by atoms with Crippen molar-refractivity contribution >= 4 is 39.2 Å². The van der Waals surface area contributed by atoms with Crippen LogP contribution in [0.4, 0.5) is 5.69 Å². The Morgan fingerprint density at radius 1 is 1.10 bits per heavy atom. The average Bonchev–Trinajstić information content (AvgIpc) is 3.24. The molecule has 4 aliphatic carbocycles. The van der Waals surface area contributed by atoms with Crippen molar-refractivity contribution in [2.75, 3.05) is 5.32 Å². The minimum Gasteiger partial charge on any atom is -0.326 e. The molecule has 2 heterocycles. The molecule has 7 rings (SSSR count). The Bertz CT molecular complexity index is 989. The van der Waals surface area contributed by atoms with Crippen LogP contribution in [0.25, 0.3) is 0 Å². The van der Waals surface area contributed by atoms with E-state index in [2.05, 4.69) is 34.6 Å². The number of fused-ring (bicyclic) bond motifs is 1. The van der Waals surface area contributed by atoms with Crippen LogP contribution in [0.1, 0.15) is 63.0 Å². The zero-order valence-electron chi connectivity index (χ0n) is 17.6. The lowest BCUT2D eigenvalue weighted by Gasteiger charge is -2.56. The Hall–Kier alpha value is -1.95. The van der Waals surface area contributed by atoms with E-state index in [0.29, 0.717) is 6.42 Å². The van der Waals surface area contributed by atoms with Gasteiger partial charge in [0.15, 0.2) is 0 Å². The van der Waals surface area contributed by atoms with Crippen molar-refractivity contribution in [3.05, 3.63) is 29.3 Å². The number of hydrogen-bond donors (Lipinski definition) is 1. The number of carbonyl (C=O) groups excluding carboxylic acids is 1. The second-order valence-electron chi connectivity index (χ2n) is 10.3. The Labute approximate surface area is 181 Å². The lowest BCUT2D eigenvalue weighted by molar-refractivity contribution is -0.124. The van der Waals surface area contributed by atoms with E-state index in [-0.39, 0.29) is 17.4 Å². The average molecular weight is 421 g/mol. The van der Waals surface area contributed by atoms with Gasteiger partial charge in [-0.3, -0.25) is 9.79 Å². The smallest absolute Gasteiger partial charge is 0.224 e. The van der Waals surface area contributed by atoms with E-state index >= 15 is 0 Å². The van der Waals surface area contributed by atoms with Crippen LogP contribution in [0, 0.1) is 30.1 Å². The van der Waals surface area contributed by atoms with E-state index in [0.717, 1.165) is 50.4 Å².